The number of non-ortho nitro benzene ring substituents is 1. The van der Waals surface area contributed by atoms with Gasteiger partial charge in [0.2, 0.25) is 0 Å². The minimum atomic E-state index is -0.352. The Balaban J connectivity index is 1.49. The fraction of sp³-hybridized carbons (Fsp3) is 0.625. The molecule has 6 nitrogen and oxygen atoms in total. The molecule has 1 aromatic rings. The van der Waals surface area contributed by atoms with Gasteiger partial charge in [-0.2, -0.15) is 0 Å². The Hall–Kier alpha value is -1.66. The lowest BCUT2D eigenvalue weighted by molar-refractivity contribution is -0.384. The van der Waals surface area contributed by atoms with Crippen molar-refractivity contribution >= 4 is 11.4 Å². The van der Waals surface area contributed by atoms with Crippen LogP contribution in [0.4, 0.5) is 11.4 Å². The predicted molar refractivity (Wildman–Crippen MR) is 85.3 cm³/mol. The molecule has 0 aromatic heterocycles. The summed E-state index contributed by atoms with van der Waals surface area (Å²) >= 11 is 0. The molecule has 2 aliphatic heterocycles. The molecule has 0 bridgehead atoms. The first-order valence-corrected chi connectivity index (χ1v) is 8.02. The van der Waals surface area contributed by atoms with Crippen LogP contribution >= 0.6 is 0 Å². The molecule has 0 amide bonds. The van der Waals surface area contributed by atoms with E-state index in [2.05, 4.69) is 9.80 Å². The minimum Gasteiger partial charge on any atom is -0.381 e. The Labute approximate surface area is 130 Å². The molecule has 120 valence electrons. The number of benzene rings is 1. The number of hydrogen-bond donors (Lipinski definition) is 0. The summed E-state index contributed by atoms with van der Waals surface area (Å²) in [5.41, 5.74) is 1.23. The number of anilines is 1. The standard InChI is InChI=1S/C16H23N3O3/c20-19(21)16-3-1-15(2-4-16)18-9-7-17(8-10-18)13-14-5-11-22-12-6-14/h1-4,14H,5-13H2. The van der Waals surface area contributed by atoms with E-state index in [0.29, 0.717) is 0 Å². The monoisotopic (exact) mass is 305 g/mol. The minimum absolute atomic E-state index is 0.155. The topological polar surface area (TPSA) is 58.9 Å². The summed E-state index contributed by atoms with van der Waals surface area (Å²) in [5.74, 6) is 0.777. The van der Waals surface area contributed by atoms with Crippen molar-refractivity contribution in [2.75, 3.05) is 50.8 Å². The van der Waals surface area contributed by atoms with Crippen LogP contribution in [0.1, 0.15) is 12.8 Å². The zero-order valence-electron chi connectivity index (χ0n) is 12.8. The van der Waals surface area contributed by atoms with Gasteiger partial charge in [0.1, 0.15) is 0 Å². The second kappa shape index (κ2) is 7.07. The van der Waals surface area contributed by atoms with Gasteiger partial charge < -0.3 is 9.64 Å². The average Bonchev–Trinajstić information content (AvgIpc) is 2.57. The van der Waals surface area contributed by atoms with Crippen LogP contribution in [0.5, 0.6) is 0 Å². The largest absolute Gasteiger partial charge is 0.381 e. The Morgan fingerprint density at radius 2 is 1.73 bits per heavy atom. The summed E-state index contributed by atoms with van der Waals surface area (Å²) in [6.45, 7) is 7.10. The molecular weight excluding hydrogens is 282 g/mol. The van der Waals surface area contributed by atoms with Crippen molar-refractivity contribution in [3.63, 3.8) is 0 Å². The van der Waals surface area contributed by atoms with Crippen molar-refractivity contribution < 1.29 is 9.66 Å². The Morgan fingerprint density at radius 1 is 1.09 bits per heavy atom. The molecule has 3 rings (SSSR count). The summed E-state index contributed by atoms with van der Waals surface area (Å²) in [6, 6.07) is 6.88. The lowest BCUT2D eigenvalue weighted by Crippen LogP contribution is -2.48. The van der Waals surface area contributed by atoms with Gasteiger partial charge in [-0.1, -0.05) is 0 Å². The number of nitrogens with zero attached hydrogens (tertiary/aromatic N) is 3. The van der Waals surface area contributed by atoms with Gasteiger partial charge >= 0.3 is 0 Å². The molecule has 0 atom stereocenters. The highest BCUT2D eigenvalue weighted by molar-refractivity contribution is 5.51. The van der Waals surface area contributed by atoms with Gasteiger partial charge in [-0.25, -0.2) is 0 Å². The third-order valence-electron chi connectivity index (χ3n) is 4.66. The second-order valence-electron chi connectivity index (χ2n) is 6.12. The van der Waals surface area contributed by atoms with Gasteiger partial charge in [-0.15, -0.1) is 0 Å². The van der Waals surface area contributed by atoms with E-state index in [1.54, 1.807) is 12.1 Å². The van der Waals surface area contributed by atoms with Gasteiger partial charge in [-0.05, 0) is 30.9 Å². The quantitative estimate of drug-likeness (QED) is 0.630. The zero-order valence-corrected chi connectivity index (χ0v) is 12.8. The van der Waals surface area contributed by atoms with Crippen molar-refractivity contribution in [3.8, 4) is 0 Å². The Bertz CT molecular complexity index is 492. The lowest BCUT2D eigenvalue weighted by atomic mass is 9.99. The van der Waals surface area contributed by atoms with Crippen LogP contribution in [0.3, 0.4) is 0 Å². The van der Waals surface area contributed by atoms with E-state index in [9.17, 15) is 10.1 Å². The molecule has 0 N–H and O–H groups in total. The molecule has 2 heterocycles. The summed E-state index contributed by atoms with van der Waals surface area (Å²) in [4.78, 5) is 15.2. The van der Waals surface area contributed by atoms with Crippen molar-refractivity contribution in [3.05, 3.63) is 34.4 Å². The molecule has 1 aromatic carbocycles. The van der Waals surface area contributed by atoms with Gasteiger partial charge in [0, 0.05) is 63.8 Å². The van der Waals surface area contributed by atoms with Gasteiger partial charge in [0.05, 0.1) is 4.92 Å². The van der Waals surface area contributed by atoms with Crippen molar-refractivity contribution in [1.82, 2.24) is 4.90 Å². The maximum atomic E-state index is 10.7. The third-order valence-corrected chi connectivity index (χ3v) is 4.66. The highest BCUT2D eigenvalue weighted by Gasteiger charge is 2.22. The summed E-state index contributed by atoms with van der Waals surface area (Å²) < 4.78 is 5.42. The number of nitro benzene ring substituents is 1. The predicted octanol–water partition coefficient (Wildman–Crippen LogP) is 2.14. The number of rotatable bonds is 4. The average molecular weight is 305 g/mol. The number of piperazine rings is 1. The van der Waals surface area contributed by atoms with Crippen LogP contribution in [0, 0.1) is 16.0 Å². The Morgan fingerprint density at radius 3 is 2.32 bits per heavy atom. The van der Waals surface area contributed by atoms with E-state index in [1.165, 1.54) is 19.4 Å². The fourth-order valence-electron chi connectivity index (χ4n) is 3.27. The molecular formula is C16H23N3O3. The van der Waals surface area contributed by atoms with Crippen LogP contribution < -0.4 is 4.90 Å². The molecule has 2 aliphatic rings. The SMILES string of the molecule is O=[N+]([O-])c1ccc(N2CCN(CC3CCOCC3)CC2)cc1. The van der Waals surface area contributed by atoms with Gasteiger partial charge in [0.15, 0.2) is 0 Å². The fourth-order valence-corrected chi connectivity index (χ4v) is 3.27. The van der Waals surface area contributed by atoms with E-state index >= 15 is 0 Å². The normalized spacial score (nSPS) is 21.0. The van der Waals surface area contributed by atoms with Crippen LogP contribution in [0.2, 0.25) is 0 Å². The molecule has 6 heteroatoms. The van der Waals surface area contributed by atoms with Crippen molar-refractivity contribution in [2.45, 2.75) is 12.8 Å². The van der Waals surface area contributed by atoms with Crippen LogP contribution in [-0.2, 0) is 4.74 Å². The highest BCUT2D eigenvalue weighted by Crippen LogP contribution is 2.22. The zero-order chi connectivity index (χ0) is 15.4. The van der Waals surface area contributed by atoms with Crippen LogP contribution in [-0.4, -0.2) is 55.8 Å². The second-order valence-corrected chi connectivity index (χ2v) is 6.12. The third kappa shape index (κ3) is 3.75. The number of hydrogen-bond acceptors (Lipinski definition) is 5. The first-order chi connectivity index (χ1) is 10.7. The highest BCUT2D eigenvalue weighted by atomic mass is 16.6. The van der Waals surface area contributed by atoms with E-state index in [-0.39, 0.29) is 10.6 Å². The van der Waals surface area contributed by atoms with Crippen LogP contribution in [0.15, 0.2) is 24.3 Å². The van der Waals surface area contributed by atoms with E-state index in [1.807, 2.05) is 12.1 Å². The maximum Gasteiger partial charge on any atom is 0.269 e. The molecule has 22 heavy (non-hydrogen) atoms. The molecule has 2 saturated heterocycles. The molecule has 2 fully saturated rings. The van der Waals surface area contributed by atoms with Crippen LogP contribution in [0.25, 0.3) is 0 Å². The Kier molecular flexibility index (Phi) is 4.90. The summed E-state index contributed by atoms with van der Waals surface area (Å²) in [6.07, 6.45) is 2.37. The smallest absolute Gasteiger partial charge is 0.269 e. The van der Waals surface area contributed by atoms with E-state index in [4.69, 9.17) is 4.74 Å². The molecule has 0 saturated carbocycles. The molecule has 0 unspecified atom stereocenters. The van der Waals surface area contributed by atoms with Crippen molar-refractivity contribution in [2.24, 2.45) is 5.92 Å². The number of nitro groups is 1. The maximum absolute atomic E-state index is 10.7. The van der Waals surface area contributed by atoms with E-state index in [0.717, 1.165) is 51.0 Å². The summed E-state index contributed by atoms with van der Waals surface area (Å²) in [5, 5.41) is 10.7. The summed E-state index contributed by atoms with van der Waals surface area (Å²) in [7, 11) is 0. The van der Waals surface area contributed by atoms with Gasteiger partial charge in [-0.3, -0.25) is 15.0 Å². The van der Waals surface area contributed by atoms with Crippen molar-refractivity contribution in [1.29, 1.82) is 0 Å². The molecule has 0 aliphatic carbocycles. The molecule has 0 radical (unpaired) electrons. The van der Waals surface area contributed by atoms with Gasteiger partial charge in [0.25, 0.3) is 5.69 Å². The number of ether oxygens (including phenoxy) is 1. The first kappa shape index (κ1) is 15.2. The van der Waals surface area contributed by atoms with E-state index < -0.39 is 0 Å². The molecule has 0 spiro atoms. The lowest BCUT2D eigenvalue weighted by Gasteiger charge is -2.38. The first-order valence-electron chi connectivity index (χ1n) is 8.02.